The SMILES string of the molecule is CCOc1cc(/C=N\Nc2ccc(C(F)(F)F)cc2[N+](=O)[O-])cc(Br)c1OCc1ccccc1. The van der Waals surface area contributed by atoms with E-state index in [1.165, 1.54) is 6.21 Å². The lowest BCUT2D eigenvalue weighted by Gasteiger charge is -2.14. The Labute approximate surface area is 201 Å². The van der Waals surface area contributed by atoms with Gasteiger partial charge in [0.2, 0.25) is 0 Å². The highest BCUT2D eigenvalue weighted by atomic mass is 79.9. The fourth-order valence-electron chi connectivity index (χ4n) is 2.93. The van der Waals surface area contributed by atoms with E-state index in [2.05, 4.69) is 26.5 Å². The van der Waals surface area contributed by atoms with Crippen LogP contribution in [-0.4, -0.2) is 17.7 Å². The van der Waals surface area contributed by atoms with Crippen molar-refractivity contribution in [1.82, 2.24) is 0 Å². The van der Waals surface area contributed by atoms with Gasteiger partial charge in [-0.25, -0.2) is 0 Å². The molecule has 0 atom stereocenters. The highest BCUT2D eigenvalue weighted by Crippen LogP contribution is 2.37. The number of hydrogen-bond acceptors (Lipinski definition) is 6. The predicted molar refractivity (Wildman–Crippen MR) is 125 cm³/mol. The molecule has 0 saturated carbocycles. The van der Waals surface area contributed by atoms with E-state index in [0.717, 1.165) is 17.7 Å². The Hall–Kier alpha value is -3.60. The van der Waals surface area contributed by atoms with Gasteiger partial charge in [-0.05, 0) is 58.2 Å². The van der Waals surface area contributed by atoms with Gasteiger partial charge in [-0.2, -0.15) is 18.3 Å². The van der Waals surface area contributed by atoms with Crippen molar-refractivity contribution in [2.75, 3.05) is 12.0 Å². The Morgan fingerprint density at radius 2 is 1.85 bits per heavy atom. The summed E-state index contributed by atoms with van der Waals surface area (Å²) in [5.41, 5.74) is 1.92. The lowest BCUT2D eigenvalue weighted by molar-refractivity contribution is -0.384. The number of nitro groups is 1. The number of rotatable bonds is 9. The fraction of sp³-hybridized carbons (Fsp3) is 0.174. The quantitative estimate of drug-likeness (QED) is 0.184. The van der Waals surface area contributed by atoms with Crippen LogP contribution >= 0.6 is 15.9 Å². The topological polar surface area (TPSA) is 86.0 Å². The summed E-state index contributed by atoms with van der Waals surface area (Å²) < 4.78 is 50.8. The average molecular weight is 538 g/mol. The summed E-state index contributed by atoms with van der Waals surface area (Å²) in [6.07, 6.45) is -3.34. The molecule has 0 unspecified atom stereocenters. The highest BCUT2D eigenvalue weighted by Gasteiger charge is 2.33. The Bertz CT molecular complexity index is 1190. The zero-order valence-corrected chi connectivity index (χ0v) is 19.4. The van der Waals surface area contributed by atoms with E-state index in [9.17, 15) is 23.3 Å². The largest absolute Gasteiger partial charge is 0.490 e. The van der Waals surface area contributed by atoms with Crippen molar-refractivity contribution in [3.63, 3.8) is 0 Å². The number of alkyl halides is 3. The zero-order valence-electron chi connectivity index (χ0n) is 17.8. The monoisotopic (exact) mass is 537 g/mol. The second-order valence-electron chi connectivity index (χ2n) is 6.89. The molecule has 0 aliphatic rings. The van der Waals surface area contributed by atoms with Gasteiger partial charge >= 0.3 is 6.18 Å². The number of anilines is 1. The maximum absolute atomic E-state index is 12.9. The van der Waals surface area contributed by atoms with Gasteiger partial charge in [0.05, 0.1) is 27.8 Å². The molecular formula is C23H19BrF3N3O4. The van der Waals surface area contributed by atoms with Gasteiger partial charge in [0.25, 0.3) is 5.69 Å². The lowest BCUT2D eigenvalue weighted by Crippen LogP contribution is -2.06. The molecule has 0 aliphatic carbocycles. The molecule has 0 amide bonds. The van der Waals surface area contributed by atoms with Crippen LogP contribution in [-0.2, 0) is 12.8 Å². The third kappa shape index (κ3) is 6.47. The molecule has 3 aromatic carbocycles. The van der Waals surface area contributed by atoms with Crippen LogP contribution in [0.2, 0.25) is 0 Å². The van der Waals surface area contributed by atoms with Crippen LogP contribution in [0.1, 0.15) is 23.6 Å². The standard InChI is InChI=1S/C23H19BrF3N3O4/c1-2-33-21-11-16(10-18(24)22(21)34-14-15-6-4-3-5-7-15)13-28-29-19-9-8-17(23(25,26)27)12-20(19)30(31)32/h3-13,29H,2,14H2,1H3/b28-13-. The minimum Gasteiger partial charge on any atom is -0.490 e. The molecular weight excluding hydrogens is 519 g/mol. The van der Waals surface area contributed by atoms with Crippen LogP contribution in [0, 0.1) is 10.1 Å². The molecule has 0 spiro atoms. The number of hydrogen-bond donors (Lipinski definition) is 1. The summed E-state index contributed by atoms with van der Waals surface area (Å²) >= 11 is 3.45. The summed E-state index contributed by atoms with van der Waals surface area (Å²) in [4.78, 5) is 10.3. The second-order valence-corrected chi connectivity index (χ2v) is 7.75. The van der Waals surface area contributed by atoms with Crippen LogP contribution in [0.5, 0.6) is 11.5 Å². The van der Waals surface area contributed by atoms with Crippen LogP contribution in [0.3, 0.4) is 0 Å². The number of halogens is 4. The van der Waals surface area contributed by atoms with Gasteiger partial charge in [-0.3, -0.25) is 15.5 Å². The molecule has 0 aliphatic heterocycles. The van der Waals surface area contributed by atoms with E-state index in [1.54, 1.807) is 12.1 Å². The van der Waals surface area contributed by atoms with Gasteiger partial charge in [0.1, 0.15) is 12.3 Å². The van der Waals surface area contributed by atoms with Crippen LogP contribution in [0.15, 0.2) is 70.2 Å². The number of nitrogens with one attached hydrogen (secondary N) is 1. The fourth-order valence-corrected chi connectivity index (χ4v) is 3.50. The van der Waals surface area contributed by atoms with E-state index >= 15 is 0 Å². The van der Waals surface area contributed by atoms with E-state index in [0.29, 0.717) is 40.8 Å². The van der Waals surface area contributed by atoms with Crippen molar-refractivity contribution < 1.29 is 27.6 Å². The normalized spacial score (nSPS) is 11.4. The maximum Gasteiger partial charge on any atom is 0.416 e. The molecule has 3 rings (SSSR count). The van der Waals surface area contributed by atoms with Crippen molar-refractivity contribution in [3.8, 4) is 11.5 Å². The summed E-state index contributed by atoms with van der Waals surface area (Å²) in [5.74, 6) is 0.948. The molecule has 178 valence electrons. The molecule has 0 bridgehead atoms. The minimum absolute atomic E-state index is 0.179. The van der Waals surface area contributed by atoms with Gasteiger partial charge in [0, 0.05) is 6.07 Å². The van der Waals surface area contributed by atoms with Crippen molar-refractivity contribution in [3.05, 3.63) is 91.9 Å². The molecule has 0 aromatic heterocycles. The number of nitro benzene ring substituents is 1. The van der Waals surface area contributed by atoms with E-state index in [4.69, 9.17) is 9.47 Å². The van der Waals surface area contributed by atoms with E-state index in [1.807, 2.05) is 37.3 Å². The third-order valence-electron chi connectivity index (χ3n) is 4.48. The van der Waals surface area contributed by atoms with E-state index < -0.39 is 22.4 Å². The molecule has 7 nitrogen and oxygen atoms in total. The number of hydrazone groups is 1. The molecule has 34 heavy (non-hydrogen) atoms. The van der Waals surface area contributed by atoms with Gasteiger partial charge in [-0.1, -0.05) is 30.3 Å². The first-order valence-electron chi connectivity index (χ1n) is 9.96. The molecule has 0 fully saturated rings. The predicted octanol–water partition coefficient (Wildman–Crippen LogP) is 6.80. The first-order valence-corrected chi connectivity index (χ1v) is 10.8. The maximum atomic E-state index is 12.9. The Kier molecular flexibility index (Phi) is 8.11. The lowest BCUT2D eigenvalue weighted by atomic mass is 10.1. The van der Waals surface area contributed by atoms with Crippen LogP contribution in [0.25, 0.3) is 0 Å². The minimum atomic E-state index is -4.70. The number of nitrogens with zero attached hydrogens (tertiary/aromatic N) is 2. The first-order chi connectivity index (χ1) is 16.2. The zero-order chi connectivity index (χ0) is 24.7. The molecule has 0 heterocycles. The second kappa shape index (κ2) is 11.0. The summed E-state index contributed by atoms with van der Waals surface area (Å²) in [6.45, 7) is 2.53. The Morgan fingerprint density at radius 3 is 2.50 bits per heavy atom. The molecule has 11 heteroatoms. The Balaban J connectivity index is 1.80. The number of benzene rings is 3. The first kappa shape index (κ1) is 25.0. The number of ether oxygens (including phenoxy) is 2. The highest BCUT2D eigenvalue weighted by molar-refractivity contribution is 9.10. The van der Waals surface area contributed by atoms with Crippen molar-refractivity contribution >= 4 is 33.5 Å². The summed E-state index contributed by atoms with van der Waals surface area (Å²) in [6, 6.07) is 15.1. The Morgan fingerprint density at radius 1 is 1.12 bits per heavy atom. The van der Waals surface area contributed by atoms with Crippen LogP contribution in [0.4, 0.5) is 24.5 Å². The molecule has 3 aromatic rings. The van der Waals surface area contributed by atoms with Crippen molar-refractivity contribution in [1.29, 1.82) is 0 Å². The van der Waals surface area contributed by atoms with E-state index in [-0.39, 0.29) is 5.69 Å². The van der Waals surface area contributed by atoms with Gasteiger partial charge < -0.3 is 9.47 Å². The molecule has 0 radical (unpaired) electrons. The van der Waals surface area contributed by atoms with Gasteiger partial charge in [-0.15, -0.1) is 0 Å². The smallest absolute Gasteiger partial charge is 0.416 e. The van der Waals surface area contributed by atoms with Crippen LogP contribution < -0.4 is 14.9 Å². The van der Waals surface area contributed by atoms with Crippen molar-refractivity contribution in [2.45, 2.75) is 19.7 Å². The summed E-state index contributed by atoms with van der Waals surface area (Å²) in [7, 11) is 0. The third-order valence-corrected chi connectivity index (χ3v) is 5.07. The molecule has 0 saturated heterocycles. The summed E-state index contributed by atoms with van der Waals surface area (Å²) in [5, 5.41) is 15.1. The van der Waals surface area contributed by atoms with Gasteiger partial charge in [0.15, 0.2) is 11.5 Å². The molecule has 1 N–H and O–H groups in total. The van der Waals surface area contributed by atoms with Crippen molar-refractivity contribution in [2.24, 2.45) is 5.10 Å². The average Bonchev–Trinajstić information content (AvgIpc) is 2.79.